The molecule has 0 heterocycles. The van der Waals surface area contributed by atoms with Crippen LogP contribution in [0, 0.1) is 5.41 Å². The zero-order chi connectivity index (χ0) is 11.8. The van der Waals surface area contributed by atoms with Crippen molar-refractivity contribution in [2.24, 2.45) is 5.41 Å². The van der Waals surface area contributed by atoms with Crippen molar-refractivity contribution in [1.29, 1.82) is 0 Å². The number of hydrogen-bond acceptors (Lipinski definition) is 3. The predicted molar refractivity (Wildman–Crippen MR) is 59.9 cm³/mol. The van der Waals surface area contributed by atoms with E-state index in [1.165, 1.54) is 12.7 Å². The maximum atomic E-state index is 12.4. The van der Waals surface area contributed by atoms with Crippen LogP contribution in [0.15, 0.2) is 11.1 Å². The third-order valence-corrected chi connectivity index (χ3v) is 4.01. The Bertz CT molecular complexity index is 367. The van der Waals surface area contributed by atoms with E-state index in [4.69, 9.17) is 4.74 Å². The first-order chi connectivity index (χ1) is 7.62. The molecule has 1 unspecified atom stereocenters. The van der Waals surface area contributed by atoms with Crippen LogP contribution in [0.4, 0.5) is 0 Å². The van der Waals surface area contributed by atoms with Crippen LogP contribution in [0.3, 0.4) is 0 Å². The number of allylic oxidation sites excluding steroid dienone is 2. The molecule has 2 rings (SSSR count). The zero-order valence-electron chi connectivity index (χ0n) is 9.97. The summed E-state index contributed by atoms with van der Waals surface area (Å²) in [7, 11) is 1.38. The standard InChI is InChI=1S/C13H18O3/c1-9-6-8-13(12(15)16-2)7-4-3-5-10(9)11(13)14/h3-8H2,1-2H3. The van der Waals surface area contributed by atoms with Gasteiger partial charge in [-0.1, -0.05) is 12.0 Å². The van der Waals surface area contributed by atoms with E-state index in [9.17, 15) is 9.59 Å². The van der Waals surface area contributed by atoms with Crippen LogP contribution in [-0.2, 0) is 14.3 Å². The Kier molecular flexibility index (Phi) is 2.87. The van der Waals surface area contributed by atoms with Gasteiger partial charge in [-0.25, -0.2) is 0 Å². The molecule has 0 spiro atoms. The molecule has 2 aliphatic rings. The lowest BCUT2D eigenvalue weighted by molar-refractivity contribution is -0.158. The van der Waals surface area contributed by atoms with Gasteiger partial charge in [0.25, 0.3) is 0 Å². The Hall–Kier alpha value is -1.12. The van der Waals surface area contributed by atoms with Crippen molar-refractivity contribution in [3.05, 3.63) is 11.1 Å². The first-order valence-corrected chi connectivity index (χ1v) is 5.93. The summed E-state index contributed by atoms with van der Waals surface area (Å²) in [5, 5.41) is 0. The third-order valence-electron chi connectivity index (χ3n) is 4.01. The Labute approximate surface area is 95.9 Å². The van der Waals surface area contributed by atoms with Crippen molar-refractivity contribution in [2.45, 2.75) is 45.4 Å². The van der Waals surface area contributed by atoms with Crippen molar-refractivity contribution in [2.75, 3.05) is 7.11 Å². The minimum Gasteiger partial charge on any atom is -0.468 e. The summed E-state index contributed by atoms with van der Waals surface area (Å²) in [4.78, 5) is 24.3. The number of fused-ring (bicyclic) bond motifs is 2. The highest BCUT2D eigenvalue weighted by molar-refractivity contribution is 6.13. The van der Waals surface area contributed by atoms with E-state index >= 15 is 0 Å². The molecule has 1 fully saturated rings. The SMILES string of the molecule is COC(=O)C12CCCCC(=C(C)CC1)C2=O. The van der Waals surface area contributed by atoms with E-state index < -0.39 is 5.41 Å². The number of methoxy groups -OCH3 is 1. The number of Topliss-reactive ketones (excluding diaryl/α,β-unsaturated/α-hetero) is 1. The van der Waals surface area contributed by atoms with E-state index in [0.29, 0.717) is 12.8 Å². The first kappa shape index (κ1) is 11.4. The lowest BCUT2D eigenvalue weighted by Gasteiger charge is -2.32. The molecule has 3 nitrogen and oxygen atoms in total. The topological polar surface area (TPSA) is 43.4 Å². The van der Waals surface area contributed by atoms with Crippen LogP contribution < -0.4 is 0 Å². The molecule has 0 aromatic carbocycles. The molecule has 88 valence electrons. The van der Waals surface area contributed by atoms with Gasteiger partial charge in [0.05, 0.1) is 7.11 Å². The average Bonchev–Trinajstić information content (AvgIpc) is 2.39. The predicted octanol–water partition coefficient (Wildman–Crippen LogP) is 2.40. The second-order valence-electron chi connectivity index (χ2n) is 4.87. The molecule has 2 bridgehead atoms. The summed E-state index contributed by atoms with van der Waals surface area (Å²) in [6, 6.07) is 0. The van der Waals surface area contributed by atoms with Crippen molar-refractivity contribution in [1.82, 2.24) is 0 Å². The van der Waals surface area contributed by atoms with Gasteiger partial charge < -0.3 is 4.74 Å². The smallest absolute Gasteiger partial charge is 0.319 e. The fourth-order valence-corrected chi connectivity index (χ4v) is 2.93. The van der Waals surface area contributed by atoms with Crippen molar-refractivity contribution in [3.8, 4) is 0 Å². The summed E-state index contributed by atoms with van der Waals surface area (Å²) in [6.45, 7) is 2.01. The first-order valence-electron chi connectivity index (χ1n) is 5.93. The van der Waals surface area contributed by atoms with Gasteiger partial charge in [-0.3, -0.25) is 9.59 Å². The van der Waals surface area contributed by atoms with Crippen LogP contribution in [0.2, 0.25) is 0 Å². The molecule has 0 aromatic heterocycles. The third kappa shape index (κ3) is 1.49. The number of rotatable bonds is 1. The van der Waals surface area contributed by atoms with Crippen molar-refractivity contribution < 1.29 is 14.3 Å². The van der Waals surface area contributed by atoms with E-state index in [1.54, 1.807) is 0 Å². The second kappa shape index (κ2) is 4.04. The molecule has 0 aliphatic heterocycles. The van der Waals surface area contributed by atoms with Gasteiger partial charge >= 0.3 is 5.97 Å². The lowest BCUT2D eigenvalue weighted by atomic mass is 9.69. The van der Waals surface area contributed by atoms with Gasteiger partial charge in [0, 0.05) is 0 Å². The Morgan fingerprint density at radius 1 is 1.25 bits per heavy atom. The summed E-state index contributed by atoms with van der Waals surface area (Å²) in [6.07, 6.45) is 4.94. The lowest BCUT2D eigenvalue weighted by Crippen LogP contribution is -2.42. The molecule has 0 aromatic rings. The summed E-state index contributed by atoms with van der Waals surface area (Å²) < 4.78 is 4.85. The zero-order valence-corrected chi connectivity index (χ0v) is 9.97. The number of hydrogen-bond donors (Lipinski definition) is 0. The molecule has 16 heavy (non-hydrogen) atoms. The minimum atomic E-state index is -0.847. The van der Waals surface area contributed by atoms with Crippen molar-refractivity contribution >= 4 is 11.8 Å². The van der Waals surface area contributed by atoms with Crippen molar-refractivity contribution in [3.63, 3.8) is 0 Å². The van der Waals surface area contributed by atoms with Gasteiger partial charge in [0.2, 0.25) is 0 Å². The fourth-order valence-electron chi connectivity index (χ4n) is 2.93. The number of ketones is 1. The Morgan fingerprint density at radius 3 is 2.69 bits per heavy atom. The van der Waals surface area contributed by atoms with E-state index in [-0.39, 0.29) is 11.8 Å². The normalized spacial score (nSPS) is 30.0. The van der Waals surface area contributed by atoms with Crippen LogP contribution >= 0.6 is 0 Å². The average molecular weight is 222 g/mol. The highest BCUT2D eigenvalue weighted by Gasteiger charge is 2.50. The van der Waals surface area contributed by atoms with Crippen LogP contribution in [0.5, 0.6) is 0 Å². The quantitative estimate of drug-likeness (QED) is 0.505. The van der Waals surface area contributed by atoms with Gasteiger partial charge in [0.15, 0.2) is 5.78 Å². The molecule has 0 saturated heterocycles. The molecule has 3 heteroatoms. The molecule has 1 saturated carbocycles. The number of carbonyl (C=O) groups is 2. The number of carbonyl (C=O) groups excluding carboxylic acids is 2. The minimum absolute atomic E-state index is 0.0422. The molecule has 0 amide bonds. The van der Waals surface area contributed by atoms with Gasteiger partial charge in [-0.15, -0.1) is 0 Å². The van der Waals surface area contributed by atoms with Gasteiger partial charge in [0.1, 0.15) is 5.41 Å². The Morgan fingerprint density at radius 2 is 2.00 bits per heavy atom. The molecule has 1 atom stereocenters. The van der Waals surface area contributed by atoms with E-state index in [1.807, 2.05) is 6.92 Å². The largest absolute Gasteiger partial charge is 0.468 e. The van der Waals surface area contributed by atoms with E-state index in [2.05, 4.69) is 0 Å². The highest BCUT2D eigenvalue weighted by atomic mass is 16.5. The maximum Gasteiger partial charge on any atom is 0.319 e. The monoisotopic (exact) mass is 222 g/mol. The summed E-state index contributed by atoms with van der Waals surface area (Å²) >= 11 is 0. The highest BCUT2D eigenvalue weighted by Crippen LogP contribution is 2.45. The molecule has 0 N–H and O–H groups in total. The molecular formula is C13H18O3. The fraction of sp³-hybridized carbons (Fsp3) is 0.692. The maximum absolute atomic E-state index is 12.4. The van der Waals surface area contributed by atoms with Gasteiger partial charge in [-0.2, -0.15) is 0 Å². The number of ether oxygens (including phenoxy) is 1. The summed E-state index contributed by atoms with van der Waals surface area (Å²) in [5.74, 6) is -0.287. The molecular weight excluding hydrogens is 204 g/mol. The van der Waals surface area contributed by atoms with Crippen LogP contribution in [0.25, 0.3) is 0 Å². The molecule has 0 radical (unpaired) electrons. The second-order valence-corrected chi connectivity index (χ2v) is 4.87. The van der Waals surface area contributed by atoms with E-state index in [0.717, 1.165) is 31.3 Å². The van der Waals surface area contributed by atoms with Gasteiger partial charge in [-0.05, 0) is 44.6 Å². The molecule has 2 aliphatic carbocycles. The number of esters is 1. The Balaban J connectivity index is 2.46. The van der Waals surface area contributed by atoms with Crippen LogP contribution in [0.1, 0.15) is 45.4 Å². The van der Waals surface area contributed by atoms with Crippen LogP contribution in [-0.4, -0.2) is 18.9 Å². The summed E-state index contributed by atoms with van der Waals surface area (Å²) in [5.41, 5.74) is 1.22.